The van der Waals surface area contributed by atoms with Gasteiger partial charge in [-0.1, -0.05) is 310 Å². The Kier molecular flexibility index (Phi) is 65.2. The van der Waals surface area contributed by atoms with E-state index >= 15 is 0 Å². The second-order valence-electron chi connectivity index (χ2n) is 22.7. The summed E-state index contributed by atoms with van der Waals surface area (Å²) in [6.45, 7) is 6.54. The average Bonchev–Trinajstić information content (AvgIpc) is 3.47. The molecule has 1 unspecified atom stereocenters. The van der Waals surface area contributed by atoms with Crippen molar-refractivity contribution in [1.82, 2.24) is 0 Å². The Morgan fingerprint density at radius 3 is 0.765 bits per heavy atom. The molecule has 0 aliphatic rings. The Morgan fingerprint density at radius 1 is 0.259 bits per heavy atom. The highest BCUT2D eigenvalue weighted by molar-refractivity contribution is 5.71. The number of hydrogen-bond donors (Lipinski definition) is 0. The predicted molar refractivity (Wildman–Crippen MR) is 353 cm³/mol. The summed E-state index contributed by atoms with van der Waals surface area (Å²) in [6, 6.07) is 0. The van der Waals surface area contributed by atoms with E-state index in [4.69, 9.17) is 14.2 Å². The van der Waals surface area contributed by atoms with Crippen molar-refractivity contribution in [2.75, 3.05) is 13.2 Å². The molecule has 6 nitrogen and oxygen atoms in total. The molecule has 0 N–H and O–H groups in total. The predicted octanol–water partition coefficient (Wildman–Crippen LogP) is 23.8. The van der Waals surface area contributed by atoms with Gasteiger partial charge in [-0.25, -0.2) is 0 Å². The molecule has 0 aromatic rings. The molecule has 0 rings (SSSR count). The summed E-state index contributed by atoms with van der Waals surface area (Å²) < 4.78 is 16.9. The van der Waals surface area contributed by atoms with Crippen LogP contribution in [-0.4, -0.2) is 37.2 Å². The molecule has 0 saturated carbocycles. The maximum Gasteiger partial charge on any atom is 0.306 e. The van der Waals surface area contributed by atoms with Gasteiger partial charge in [0.2, 0.25) is 0 Å². The first-order valence-corrected chi connectivity index (χ1v) is 34.4. The summed E-state index contributed by atoms with van der Waals surface area (Å²) in [7, 11) is 0. The van der Waals surface area contributed by atoms with Crippen LogP contribution in [0.1, 0.15) is 329 Å². The third-order valence-corrected chi connectivity index (χ3v) is 14.8. The molecule has 6 heteroatoms. The van der Waals surface area contributed by atoms with Gasteiger partial charge in [0.15, 0.2) is 6.10 Å². The number of hydrogen-bond acceptors (Lipinski definition) is 6. The number of allylic oxidation sites excluding steroid dienone is 18. The zero-order chi connectivity index (χ0) is 58.5. The van der Waals surface area contributed by atoms with Crippen LogP contribution in [0.3, 0.4) is 0 Å². The number of ether oxygens (including phenoxy) is 3. The van der Waals surface area contributed by atoms with Gasteiger partial charge in [-0.3, -0.25) is 14.4 Å². The molecule has 0 aliphatic carbocycles. The number of carbonyl (C=O) groups excluding carboxylic acids is 3. The van der Waals surface area contributed by atoms with Crippen LogP contribution in [0, 0.1) is 0 Å². The van der Waals surface area contributed by atoms with E-state index < -0.39 is 6.10 Å². The largest absolute Gasteiger partial charge is 0.462 e. The monoisotopic (exact) mass is 1120 g/mol. The Bertz CT molecular complexity index is 1620. The highest BCUT2D eigenvalue weighted by Gasteiger charge is 2.19. The van der Waals surface area contributed by atoms with E-state index in [1.807, 2.05) is 0 Å². The van der Waals surface area contributed by atoms with Crippen LogP contribution in [-0.2, 0) is 28.6 Å². The summed E-state index contributed by atoms with van der Waals surface area (Å²) >= 11 is 0. The minimum atomic E-state index is -0.783. The molecule has 0 radical (unpaired) electrons. The third-order valence-electron chi connectivity index (χ3n) is 14.8. The Labute approximate surface area is 501 Å². The van der Waals surface area contributed by atoms with Gasteiger partial charge in [-0.2, -0.15) is 0 Å². The molecule has 0 spiro atoms. The van der Waals surface area contributed by atoms with Crippen molar-refractivity contribution in [3.8, 4) is 0 Å². The van der Waals surface area contributed by atoms with Crippen molar-refractivity contribution in [3.05, 3.63) is 109 Å². The van der Waals surface area contributed by atoms with Crippen molar-refractivity contribution in [3.63, 3.8) is 0 Å². The molecular weight excluding hydrogens is 997 g/mol. The van der Waals surface area contributed by atoms with E-state index in [0.29, 0.717) is 19.3 Å². The standard InChI is InChI=1S/C75H128O6/c1-4-7-10-13-16-19-22-25-28-29-30-31-32-33-34-35-36-37-38-39-40-41-42-43-44-45-46-47-48-51-53-56-59-62-65-68-74(77)80-71-72(81-75(78)69-66-63-60-57-54-50-27-24-21-18-15-12-9-6-3)70-79-73(76)67-64-61-58-55-52-49-26-23-20-17-14-11-8-5-2/h7,10,16,19,24-25,27-28,30-31,33-34,36-37,39-40,42-43,72H,4-6,8-9,11-15,17-18,20-23,26,29,32,35,38,41,44-71H2,1-3H3/b10-7-,19-16-,27-24-,28-25-,31-30-,34-33-,37-36-,40-39-,43-42-. The summed E-state index contributed by atoms with van der Waals surface area (Å²) in [6.07, 6.45) is 93.9. The molecule has 0 aromatic carbocycles. The zero-order valence-electron chi connectivity index (χ0n) is 53.3. The van der Waals surface area contributed by atoms with Crippen LogP contribution in [0.25, 0.3) is 0 Å². The van der Waals surface area contributed by atoms with E-state index in [1.54, 1.807) is 0 Å². The van der Waals surface area contributed by atoms with E-state index in [0.717, 1.165) is 122 Å². The molecule has 0 amide bonds. The smallest absolute Gasteiger partial charge is 0.306 e. The van der Waals surface area contributed by atoms with Crippen molar-refractivity contribution in [2.24, 2.45) is 0 Å². The molecule has 464 valence electrons. The summed E-state index contributed by atoms with van der Waals surface area (Å²) in [5.41, 5.74) is 0. The lowest BCUT2D eigenvalue weighted by atomic mass is 10.0. The lowest BCUT2D eigenvalue weighted by Crippen LogP contribution is -2.30. The maximum absolute atomic E-state index is 12.9. The van der Waals surface area contributed by atoms with Crippen LogP contribution in [0.4, 0.5) is 0 Å². The van der Waals surface area contributed by atoms with Crippen molar-refractivity contribution >= 4 is 17.9 Å². The molecule has 0 bridgehead atoms. The van der Waals surface area contributed by atoms with E-state index in [2.05, 4.69) is 130 Å². The SMILES string of the molecule is CC/C=C\C/C=C\C/C=C\C/C=C\C/C=C\C/C=C\C/C=C\C/C=C\CCCCCCCCCCCCC(=O)OCC(COC(=O)CCCCCCCCCCCCCCCC)OC(=O)CCCCCCC/C=C\CCCCCCC. The summed E-state index contributed by atoms with van der Waals surface area (Å²) in [5, 5.41) is 0. The lowest BCUT2D eigenvalue weighted by Gasteiger charge is -2.18. The maximum atomic E-state index is 12.9. The second kappa shape index (κ2) is 68.6. The minimum Gasteiger partial charge on any atom is -0.462 e. The average molecular weight is 1130 g/mol. The fourth-order valence-electron chi connectivity index (χ4n) is 9.63. The molecule has 0 heterocycles. The van der Waals surface area contributed by atoms with Gasteiger partial charge in [-0.05, 0) is 109 Å². The molecule has 0 fully saturated rings. The third kappa shape index (κ3) is 66.8. The molecule has 0 saturated heterocycles. The number of unbranched alkanes of at least 4 members (excludes halogenated alkanes) is 33. The first-order valence-electron chi connectivity index (χ1n) is 34.4. The van der Waals surface area contributed by atoms with Gasteiger partial charge in [0, 0.05) is 19.3 Å². The summed E-state index contributed by atoms with van der Waals surface area (Å²) in [5.74, 6) is -0.879. The highest BCUT2D eigenvalue weighted by Crippen LogP contribution is 2.17. The number of carbonyl (C=O) groups is 3. The van der Waals surface area contributed by atoms with Crippen molar-refractivity contribution < 1.29 is 28.6 Å². The van der Waals surface area contributed by atoms with Crippen LogP contribution < -0.4 is 0 Å². The van der Waals surface area contributed by atoms with Gasteiger partial charge in [0.05, 0.1) is 0 Å². The highest BCUT2D eigenvalue weighted by atomic mass is 16.6. The van der Waals surface area contributed by atoms with Gasteiger partial charge >= 0.3 is 17.9 Å². The Hall–Kier alpha value is -3.93. The van der Waals surface area contributed by atoms with Gasteiger partial charge in [0.1, 0.15) is 13.2 Å². The van der Waals surface area contributed by atoms with E-state index in [9.17, 15) is 14.4 Å². The van der Waals surface area contributed by atoms with Gasteiger partial charge in [0.25, 0.3) is 0 Å². The second-order valence-corrected chi connectivity index (χ2v) is 22.7. The van der Waals surface area contributed by atoms with Gasteiger partial charge in [-0.15, -0.1) is 0 Å². The summed E-state index contributed by atoms with van der Waals surface area (Å²) in [4.78, 5) is 38.3. The van der Waals surface area contributed by atoms with Crippen LogP contribution >= 0.6 is 0 Å². The lowest BCUT2D eigenvalue weighted by molar-refractivity contribution is -0.167. The number of esters is 3. The quantitative estimate of drug-likeness (QED) is 0.0261. The topological polar surface area (TPSA) is 78.9 Å². The van der Waals surface area contributed by atoms with Crippen molar-refractivity contribution in [1.29, 1.82) is 0 Å². The molecule has 1 atom stereocenters. The molecular formula is C75H128O6. The van der Waals surface area contributed by atoms with Crippen molar-refractivity contribution in [2.45, 2.75) is 335 Å². The molecule has 81 heavy (non-hydrogen) atoms. The Balaban J connectivity index is 4.21. The van der Waals surface area contributed by atoms with E-state index in [-0.39, 0.29) is 31.1 Å². The van der Waals surface area contributed by atoms with Gasteiger partial charge < -0.3 is 14.2 Å². The minimum absolute atomic E-state index is 0.0785. The first-order chi connectivity index (χ1) is 40.0. The van der Waals surface area contributed by atoms with E-state index in [1.165, 1.54) is 167 Å². The normalized spacial score (nSPS) is 12.8. The van der Waals surface area contributed by atoms with Crippen LogP contribution in [0.2, 0.25) is 0 Å². The molecule has 0 aliphatic heterocycles. The fourth-order valence-corrected chi connectivity index (χ4v) is 9.63. The number of rotatable bonds is 62. The Morgan fingerprint density at radius 2 is 0.481 bits per heavy atom. The fraction of sp³-hybridized carbons (Fsp3) is 0.720. The molecule has 0 aromatic heterocycles. The van der Waals surface area contributed by atoms with Crippen LogP contribution in [0.15, 0.2) is 109 Å². The van der Waals surface area contributed by atoms with Crippen LogP contribution in [0.5, 0.6) is 0 Å². The zero-order valence-corrected chi connectivity index (χ0v) is 53.3. The first kappa shape index (κ1) is 77.1.